The average Bonchev–Trinajstić information content (AvgIpc) is 2.78. The van der Waals surface area contributed by atoms with Gasteiger partial charge in [0.2, 0.25) is 0 Å². The Hall–Kier alpha value is -4.47. The number of anilines is 2. The van der Waals surface area contributed by atoms with Gasteiger partial charge in [0, 0.05) is 16.9 Å². The van der Waals surface area contributed by atoms with Gasteiger partial charge in [0.1, 0.15) is 11.5 Å². The normalized spacial score (nSPS) is 11.7. The van der Waals surface area contributed by atoms with E-state index in [1.165, 1.54) is 18.2 Å². The van der Waals surface area contributed by atoms with Gasteiger partial charge in [-0.2, -0.15) is 0 Å². The number of carbonyl (C=O) groups is 2. The highest BCUT2D eigenvalue weighted by molar-refractivity contribution is 5.92. The first kappa shape index (κ1) is 25.2. The van der Waals surface area contributed by atoms with Crippen LogP contribution in [0.25, 0.3) is 6.08 Å². The number of carbonyl (C=O) groups excluding carboxylic acids is 1. The fourth-order valence-corrected chi connectivity index (χ4v) is 3.14. The number of carboxylic acids is 1. The summed E-state index contributed by atoms with van der Waals surface area (Å²) in [6.07, 6.45) is -2.69. The van der Waals surface area contributed by atoms with Crippen molar-refractivity contribution in [2.75, 3.05) is 11.5 Å². The van der Waals surface area contributed by atoms with Gasteiger partial charge in [-0.3, -0.25) is 0 Å². The Bertz CT molecular complexity index is 1240. The number of benzene rings is 3. The van der Waals surface area contributed by atoms with E-state index in [-0.39, 0.29) is 23.3 Å². The minimum absolute atomic E-state index is 0.0265. The monoisotopic (exact) mass is 486 g/mol. The summed E-state index contributed by atoms with van der Waals surface area (Å²) in [4.78, 5) is 23.9. The number of ether oxygens (including phenoxy) is 2. The molecule has 7 nitrogen and oxygen atoms in total. The number of rotatable bonds is 8. The first-order chi connectivity index (χ1) is 16.5. The molecule has 0 unspecified atom stereocenters. The highest BCUT2D eigenvalue weighted by Gasteiger charge is 2.31. The summed E-state index contributed by atoms with van der Waals surface area (Å²) in [7, 11) is 0. The maximum Gasteiger partial charge on any atom is 0.573 e. The minimum Gasteiger partial charge on any atom is -0.478 e. The second-order valence-corrected chi connectivity index (χ2v) is 7.46. The highest BCUT2D eigenvalue weighted by Crippen LogP contribution is 2.24. The van der Waals surface area contributed by atoms with Crippen LogP contribution in [0.5, 0.6) is 11.5 Å². The van der Waals surface area contributed by atoms with E-state index in [0.29, 0.717) is 23.4 Å². The molecule has 182 valence electrons. The third kappa shape index (κ3) is 7.53. The second kappa shape index (κ2) is 10.6. The van der Waals surface area contributed by atoms with Gasteiger partial charge in [-0.05, 0) is 78.6 Å². The number of nitrogens with two attached hydrogens (primary N) is 2. The molecule has 0 aromatic heterocycles. The van der Waals surface area contributed by atoms with Crippen molar-refractivity contribution in [1.29, 1.82) is 0 Å². The molecule has 0 amide bonds. The third-order valence-electron chi connectivity index (χ3n) is 4.86. The molecule has 35 heavy (non-hydrogen) atoms. The van der Waals surface area contributed by atoms with E-state index < -0.39 is 24.1 Å². The standard InChI is InChI=1S/C25H21F3N2O5/c26-25(27,28)35-21-11-6-17(7-12-21)24(33)34-20-9-1-15(2-10-20)13-18(23(31)32)4-3-16-5-8-19(29)14-22(16)30/h1-2,5-14H,3-4,29-30H2,(H,31,32). The zero-order valence-electron chi connectivity index (χ0n) is 18.2. The van der Waals surface area contributed by atoms with E-state index in [0.717, 1.165) is 29.8 Å². The molecule has 0 radical (unpaired) electrons. The van der Waals surface area contributed by atoms with E-state index >= 15 is 0 Å². The highest BCUT2D eigenvalue weighted by atomic mass is 19.4. The molecular weight excluding hydrogens is 465 g/mol. The quantitative estimate of drug-likeness (QED) is 0.176. The maximum absolute atomic E-state index is 12.2. The number of hydrogen-bond acceptors (Lipinski definition) is 6. The summed E-state index contributed by atoms with van der Waals surface area (Å²) in [6.45, 7) is 0. The van der Waals surface area contributed by atoms with Crippen LogP contribution in [0.15, 0.2) is 72.3 Å². The Morgan fingerprint density at radius 2 is 1.54 bits per heavy atom. The first-order valence-electron chi connectivity index (χ1n) is 10.3. The topological polar surface area (TPSA) is 125 Å². The lowest BCUT2D eigenvalue weighted by atomic mass is 10.0. The third-order valence-corrected chi connectivity index (χ3v) is 4.86. The molecule has 10 heteroatoms. The Labute approximate surface area is 198 Å². The van der Waals surface area contributed by atoms with Crippen LogP contribution in [0.4, 0.5) is 24.5 Å². The average molecular weight is 486 g/mol. The largest absolute Gasteiger partial charge is 0.573 e. The van der Waals surface area contributed by atoms with E-state index in [9.17, 15) is 27.9 Å². The van der Waals surface area contributed by atoms with Gasteiger partial charge in [0.25, 0.3) is 0 Å². The number of aliphatic carboxylic acids is 1. The van der Waals surface area contributed by atoms with Crippen molar-refractivity contribution in [3.05, 3.63) is 89.0 Å². The van der Waals surface area contributed by atoms with Crippen molar-refractivity contribution in [3.8, 4) is 11.5 Å². The van der Waals surface area contributed by atoms with E-state index in [1.54, 1.807) is 30.3 Å². The van der Waals surface area contributed by atoms with E-state index in [2.05, 4.69) is 4.74 Å². The number of aryl methyl sites for hydroxylation is 1. The summed E-state index contributed by atoms with van der Waals surface area (Å²) in [5.41, 5.74) is 14.2. The molecule has 3 aromatic rings. The Kier molecular flexibility index (Phi) is 7.65. The van der Waals surface area contributed by atoms with Crippen LogP contribution in [-0.2, 0) is 11.2 Å². The van der Waals surface area contributed by atoms with Crippen molar-refractivity contribution in [3.63, 3.8) is 0 Å². The van der Waals surface area contributed by atoms with Crippen LogP contribution in [0.3, 0.4) is 0 Å². The smallest absolute Gasteiger partial charge is 0.478 e. The number of hydrogen-bond donors (Lipinski definition) is 3. The Morgan fingerprint density at radius 1 is 0.914 bits per heavy atom. The second-order valence-electron chi connectivity index (χ2n) is 7.46. The summed E-state index contributed by atoms with van der Waals surface area (Å²) >= 11 is 0. The van der Waals surface area contributed by atoms with Gasteiger partial charge in [0.05, 0.1) is 5.56 Å². The molecule has 0 saturated carbocycles. The molecule has 0 heterocycles. The molecule has 0 spiro atoms. The summed E-state index contributed by atoms with van der Waals surface area (Å²) in [5.74, 6) is -2.14. The van der Waals surface area contributed by atoms with Gasteiger partial charge in [-0.1, -0.05) is 18.2 Å². The van der Waals surface area contributed by atoms with Crippen molar-refractivity contribution in [2.45, 2.75) is 19.2 Å². The number of carboxylic acid groups (broad SMARTS) is 1. The Balaban J connectivity index is 1.64. The molecule has 0 saturated heterocycles. The predicted molar refractivity (Wildman–Crippen MR) is 124 cm³/mol. The van der Waals surface area contributed by atoms with Crippen LogP contribution in [-0.4, -0.2) is 23.4 Å². The number of alkyl halides is 3. The Morgan fingerprint density at radius 3 is 2.11 bits per heavy atom. The summed E-state index contributed by atoms with van der Waals surface area (Å²) in [5, 5.41) is 9.55. The first-order valence-corrected chi connectivity index (χ1v) is 10.3. The predicted octanol–water partition coefficient (Wildman–Crippen LogP) is 5.07. The molecule has 0 aliphatic rings. The fraction of sp³-hybridized carbons (Fsp3) is 0.120. The van der Waals surface area contributed by atoms with Crippen LogP contribution in [0.1, 0.15) is 27.9 Å². The maximum atomic E-state index is 12.2. The van der Waals surface area contributed by atoms with Crippen molar-refractivity contribution < 1.29 is 37.3 Å². The van der Waals surface area contributed by atoms with Gasteiger partial charge >= 0.3 is 18.3 Å². The van der Waals surface area contributed by atoms with Crippen LogP contribution in [0, 0.1) is 0 Å². The van der Waals surface area contributed by atoms with Gasteiger partial charge < -0.3 is 26.0 Å². The zero-order valence-corrected chi connectivity index (χ0v) is 18.2. The molecule has 0 aliphatic carbocycles. The minimum atomic E-state index is -4.83. The molecule has 0 atom stereocenters. The van der Waals surface area contributed by atoms with Gasteiger partial charge in [-0.15, -0.1) is 13.2 Å². The molecule has 5 N–H and O–H groups in total. The van der Waals surface area contributed by atoms with Crippen LogP contribution < -0.4 is 20.9 Å². The number of halogens is 3. The van der Waals surface area contributed by atoms with Crippen molar-refractivity contribution >= 4 is 29.4 Å². The van der Waals surface area contributed by atoms with Crippen LogP contribution in [0.2, 0.25) is 0 Å². The van der Waals surface area contributed by atoms with Crippen molar-refractivity contribution in [1.82, 2.24) is 0 Å². The zero-order chi connectivity index (χ0) is 25.6. The van der Waals surface area contributed by atoms with E-state index in [4.69, 9.17) is 16.2 Å². The molecule has 0 bridgehead atoms. The van der Waals surface area contributed by atoms with Crippen molar-refractivity contribution in [2.24, 2.45) is 0 Å². The lowest BCUT2D eigenvalue weighted by Crippen LogP contribution is -2.17. The molecule has 0 fully saturated rings. The lowest BCUT2D eigenvalue weighted by molar-refractivity contribution is -0.274. The number of esters is 1. The SMILES string of the molecule is Nc1ccc(CCC(=Cc2ccc(OC(=O)c3ccc(OC(F)(F)F)cc3)cc2)C(=O)O)c(N)c1. The molecule has 3 rings (SSSR count). The molecular formula is C25H21F3N2O5. The molecule has 0 aliphatic heterocycles. The summed E-state index contributed by atoms with van der Waals surface area (Å²) < 4.78 is 45.7. The van der Waals surface area contributed by atoms with E-state index in [1.807, 2.05) is 0 Å². The fourth-order valence-electron chi connectivity index (χ4n) is 3.14. The van der Waals surface area contributed by atoms with Gasteiger partial charge in [-0.25, -0.2) is 9.59 Å². The molecule has 3 aromatic carbocycles. The number of nitrogen functional groups attached to an aromatic ring is 2. The van der Waals surface area contributed by atoms with Gasteiger partial charge in [0.15, 0.2) is 0 Å². The summed E-state index contributed by atoms with van der Waals surface area (Å²) in [6, 6.07) is 15.5. The van der Waals surface area contributed by atoms with Crippen LogP contribution >= 0.6 is 0 Å². The lowest BCUT2D eigenvalue weighted by Gasteiger charge is -2.09.